The van der Waals surface area contributed by atoms with Crippen LogP contribution < -0.4 is 0 Å². The van der Waals surface area contributed by atoms with Gasteiger partial charge in [0.1, 0.15) is 5.75 Å². The van der Waals surface area contributed by atoms with Crippen LogP contribution in [0.4, 0.5) is 0 Å². The number of carbonyl (C=O) groups is 1. The number of aromatic hydroxyl groups is 1. The molecule has 0 bridgehead atoms. The molecule has 1 rings (SSSR count). The summed E-state index contributed by atoms with van der Waals surface area (Å²) < 4.78 is 0.940. The van der Waals surface area contributed by atoms with Crippen molar-refractivity contribution in [2.24, 2.45) is 0 Å². The summed E-state index contributed by atoms with van der Waals surface area (Å²) in [5.41, 5.74) is 0.368. The number of nitrogens with zero attached hydrogens (tertiary/aromatic N) is 1. The smallest absolute Gasteiger partial charge is 0.257 e. The summed E-state index contributed by atoms with van der Waals surface area (Å²) in [6.07, 6.45) is 2.01. The van der Waals surface area contributed by atoms with Crippen molar-refractivity contribution in [1.82, 2.24) is 4.90 Å². The second kappa shape index (κ2) is 6.49. The molecular formula is C12H16INO2S. The fourth-order valence-electron chi connectivity index (χ4n) is 1.42. The molecule has 0 aliphatic rings. The highest BCUT2D eigenvalue weighted by Gasteiger charge is 2.20. The van der Waals surface area contributed by atoms with E-state index in [0.29, 0.717) is 5.56 Å². The molecule has 1 amide bonds. The Kier molecular flexibility index (Phi) is 5.58. The van der Waals surface area contributed by atoms with Crippen LogP contribution in [0.1, 0.15) is 17.3 Å². The number of rotatable bonds is 4. The minimum atomic E-state index is -0.137. The first kappa shape index (κ1) is 14.6. The average Bonchev–Trinajstić information content (AvgIpc) is 2.30. The summed E-state index contributed by atoms with van der Waals surface area (Å²) in [6, 6.07) is 5.19. The third-order valence-electron chi connectivity index (χ3n) is 2.58. The SMILES string of the molecule is CSCC(C)N(C)C(=O)c1cc(I)ccc1O. The fourth-order valence-corrected chi connectivity index (χ4v) is 2.62. The summed E-state index contributed by atoms with van der Waals surface area (Å²) in [6.45, 7) is 2.00. The molecule has 1 atom stereocenters. The van der Waals surface area contributed by atoms with Crippen LogP contribution in [-0.2, 0) is 0 Å². The van der Waals surface area contributed by atoms with Crippen molar-refractivity contribution in [1.29, 1.82) is 0 Å². The largest absolute Gasteiger partial charge is 0.507 e. The normalized spacial score (nSPS) is 12.2. The van der Waals surface area contributed by atoms with Gasteiger partial charge in [-0.2, -0.15) is 11.8 Å². The van der Waals surface area contributed by atoms with Crippen molar-refractivity contribution in [2.75, 3.05) is 19.1 Å². The molecule has 1 aromatic carbocycles. The first-order chi connectivity index (χ1) is 7.97. The fraction of sp³-hybridized carbons (Fsp3) is 0.417. The third-order valence-corrected chi connectivity index (χ3v) is 4.07. The second-order valence-electron chi connectivity index (χ2n) is 3.88. The van der Waals surface area contributed by atoms with E-state index in [1.165, 1.54) is 0 Å². The van der Waals surface area contributed by atoms with E-state index in [1.54, 1.807) is 41.9 Å². The zero-order valence-corrected chi connectivity index (χ0v) is 13.1. The van der Waals surface area contributed by atoms with Gasteiger partial charge in [0.2, 0.25) is 0 Å². The Labute approximate surface area is 120 Å². The van der Waals surface area contributed by atoms with Crippen LogP contribution in [0.5, 0.6) is 5.75 Å². The molecule has 0 radical (unpaired) electrons. The highest BCUT2D eigenvalue weighted by molar-refractivity contribution is 14.1. The van der Waals surface area contributed by atoms with Crippen molar-refractivity contribution in [2.45, 2.75) is 13.0 Å². The number of benzene rings is 1. The molecular weight excluding hydrogens is 349 g/mol. The van der Waals surface area contributed by atoms with Crippen LogP contribution >= 0.6 is 34.4 Å². The van der Waals surface area contributed by atoms with Gasteiger partial charge in [-0.05, 0) is 54.0 Å². The predicted molar refractivity (Wildman–Crippen MR) is 80.8 cm³/mol. The van der Waals surface area contributed by atoms with Gasteiger partial charge in [0, 0.05) is 22.4 Å². The van der Waals surface area contributed by atoms with Gasteiger partial charge >= 0.3 is 0 Å². The van der Waals surface area contributed by atoms with Gasteiger partial charge in [-0.3, -0.25) is 4.79 Å². The van der Waals surface area contributed by atoms with E-state index in [9.17, 15) is 9.90 Å². The minimum Gasteiger partial charge on any atom is -0.507 e. The summed E-state index contributed by atoms with van der Waals surface area (Å²) in [5.74, 6) is 0.786. The van der Waals surface area contributed by atoms with Gasteiger partial charge in [-0.15, -0.1) is 0 Å². The first-order valence-corrected chi connectivity index (χ1v) is 7.69. The maximum atomic E-state index is 12.2. The molecule has 0 fully saturated rings. The molecule has 1 aromatic rings. The Morgan fingerprint density at radius 2 is 2.24 bits per heavy atom. The Balaban J connectivity index is 2.92. The maximum absolute atomic E-state index is 12.2. The number of phenolic OH excluding ortho intramolecular Hbond substituents is 1. The lowest BCUT2D eigenvalue weighted by atomic mass is 10.1. The third kappa shape index (κ3) is 3.77. The number of carbonyl (C=O) groups excluding carboxylic acids is 1. The Morgan fingerprint density at radius 3 is 2.82 bits per heavy atom. The van der Waals surface area contributed by atoms with Crippen LogP contribution in [0.2, 0.25) is 0 Å². The molecule has 94 valence electrons. The average molecular weight is 365 g/mol. The molecule has 1 N–H and O–H groups in total. The number of halogens is 1. The topological polar surface area (TPSA) is 40.5 Å². The van der Waals surface area contributed by atoms with E-state index < -0.39 is 0 Å². The Bertz CT molecular complexity index is 411. The minimum absolute atomic E-state index is 0.0404. The molecule has 0 heterocycles. The van der Waals surface area contributed by atoms with E-state index in [1.807, 2.05) is 13.2 Å². The van der Waals surface area contributed by atoms with Crippen LogP contribution in [0.3, 0.4) is 0 Å². The van der Waals surface area contributed by atoms with Crippen molar-refractivity contribution >= 4 is 40.3 Å². The number of thioether (sulfide) groups is 1. The maximum Gasteiger partial charge on any atom is 0.257 e. The zero-order valence-electron chi connectivity index (χ0n) is 10.1. The Hall–Kier alpha value is -0.430. The van der Waals surface area contributed by atoms with Gasteiger partial charge in [-0.1, -0.05) is 0 Å². The number of hydrogen-bond acceptors (Lipinski definition) is 3. The summed E-state index contributed by atoms with van der Waals surface area (Å²) in [7, 11) is 1.77. The molecule has 5 heteroatoms. The molecule has 0 saturated carbocycles. The molecule has 17 heavy (non-hydrogen) atoms. The molecule has 1 unspecified atom stereocenters. The second-order valence-corrected chi connectivity index (χ2v) is 6.04. The Morgan fingerprint density at radius 1 is 1.59 bits per heavy atom. The molecule has 0 aromatic heterocycles. The monoisotopic (exact) mass is 365 g/mol. The molecule has 0 aliphatic carbocycles. The van der Waals surface area contributed by atoms with Crippen LogP contribution in [0.25, 0.3) is 0 Å². The van der Waals surface area contributed by atoms with Gasteiger partial charge in [0.05, 0.1) is 5.56 Å². The van der Waals surface area contributed by atoms with Crippen molar-refractivity contribution < 1.29 is 9.90 Å². The van der Waals surface area contributed by atoms with E-state index in [4.69, 9.17) is 0 Å². The quantitative estimate of drug-likeness (QED) is 0.835. The van der Waals surface area contributed by atoms with Crippen LogP contribution in [-0.4, -0.2) is 41.0 Å². The van der Waals surface area contributed by atoms with Crippen molar-refractivity contribution in [3.05, 3.63) is 27.3 Å². The highest BCUT2D eigenvalue weighted by atomic mass is 127. The standard InChI is InChI=1S/C12H16INO2S/c1-8(7-17-3)14(2)12(16)10-6-9(13)4-5-11(10)15/h4-6,8,15H,7H2,1-3H3. The molecule has 0 aliphatic heterocycles. The van der Waals surface area contributed by atoms with Gasteiger partial charge in [0.25, 0.3) is 5.91 Å². The van der Waals surface area contributed by atoms with E-state index in [0.717, 1.165) is 9.32 Å². The molecule has 3 nitrogen and oxygen atoms in total. The van der Waals surface area contributed by atoms with Gasteiger partial charge in [-0.25, -0.2) is 0 Å². The summed E-state index contributed by atoms with van der Waals surface area (Å²) >= 11 is 3.83. The molecule has 0 spiro atoms. The van der Waals surface area contributed by atoms with Crippen molar-refractivity contribution in [3.63, 3.8) is 0 Å². The van der Waals surface area contributed by atoms with Crippen LogP contribution in [0.15, 0.2) is 18.2 Å². The van der Waals surface area contributed by atoms with E-state index >= 15 is 0 Å². The number of amides is 1. The number of phenols is 1. The predicted octanol–water partition coefficient (Wildman–Crippen LogP) is 2.82. The van der Waals surface area contributed by atoms with Crippen molar-refractivity contribution in [3.8, 4) is 5.75 Å². The summed E-state index contributed by atoms with van der Waals surface area (Å²) in [4.78, 5) is 13.9. The van der Waals surface area contributed by atoms with E-state index in [2.05, 4.69) is 22.6 Å². The lowest BCUT2D eigenvalue weighted by Gasteiger charge is -2.24. The zero-order chi connectivity index (χ0) is 13.0. The van der Waals surface area contributed by atoms with Gasteiger partial charge < -0.3 is 10.0 Å². The first-order valence-electron chi connectivity index (χ1n) is 5.22. The van der Waals surface area contributed by atoms with Gasteiger partial charge in [0.15, 0.2) is 0 Å². The highest BCUT2D eigenvalue weighted by Crippen LogP contribution is 2.22. The lowest BCUT2D eigenvalue weighted by molar-refractivity contribution is 0.0754. The summed E-state index contributed by atoms with van der Waals surface area (Å²) in [5, 5.41) is 9.71. The lowest BCUT2D eigenvalue weighted by Crippen LogP contribution is -2.36. The number of hydrogen-bond donors (Lipinski definition) is 1. The van der Waals surface area contributed by atoms with E-state index in [-0.39, 0.29) is 17.7 Å². The molecule has 0 saturated heterocycles. The van der Waals surface area contributed by atoms with Crippen LogP contribution in [0, 0.1) is 3.57 Å².